The third-order valence-electron chi connectivity index (χ3n) is 5.95. The number of benzene rings is 1. The Morgan fingerprint density at radius 2 is 1.81 bits per heavy atom. The number of Topliss-reactive ketones (excluding diaryl/α,β-unsaturated/α-hetero) is 1. The minimum Gasteiger partial charge on any atom is -0.497 e. The van der Waals surface area contributed by atoms with Crippen molar-refractivity contribution < 1.29 is 19.1 Å². The first-order chi connectivity index (χ1) is 15.0. The molecular formula is C25H26N2O4. The molecule has 2 aliphatic rings. The van der Waals surface area contributed by atoms with Crippen molar-refractivity contribution in [1.82, 2.24) is 10.3 Å². The van der Waals surface area contributed by atoms with Crippen LogP contribution < -0.4 is 10.1 Å². The number of methoxy groups -OCH3 is 1. The normalized spacial score (nSPS) is 20.8. The van der Waals surface area contributed by atoms with E-state index in [9.17, 15) is 9.59 Å². The molecular weight excluding hydrogens is 392 g/mol. The Hall–Kier alpha value is -3.41. The van der Waals surface area contributed by atoms with E-state index in [0.29, 0.717) is 24.0 Å². The highest BCUT2D eigenvalue weighted by molar-refractivity contribution is 6.04. The van der Waals surface area contributed by atoms with Crippen LogP contribution in [0.5, 0.6) is 5.75 Å². The van der Waals surface area contributed by atoms with Gasteiger partial charge in [-0.2, -0.15) is 0 Å². The maximum Gasteiger partial charge on any atom is 0.336 e. The van der Waals surface area contributed by atoms with Crippen molar-refractivity contribution in [2.24, 2.45) is 0 Å². The molecule has 6 nitrogen and oxygen atoms in total. The summed E-state index contributed by atoms with van der Waals surface area (Å²) in [4.78, 5) is 30.4. The lowest BCUT2D eigenvalue weighted by molar-refractivity contribution is -0.138. The van der Waals surface area contributed by atoms with Crippen LogP contribution in [0.1, 0.15) is 49.7 Å². The fourth-order valence-corrected chi connectivity index (χ4v) is 4.52. The number of rotatable bonds is 5. The van der Waals surface area contributed by atoms with Crippen LogP contribution in [0.3, 0.4) is 0 Å². The highest BCUT2D eigenvalue weighted by Gasteiger charge is 2.41. The molecule has 0 fully saturated rings. The number of dihydropyridines is 1. The zero-order valence-electron chi connectivity index (χ0n) is 18.0. The molecule has 1 N–H and O–H groups in total. The fourth-order valence-electron chi connectivity index (χ4n) is 4.52. The lowest BCUT2D eigenvalue weighted by atomic mass is 9.72. The summed E-state index contributed by atoms with van der Waals surface area (Å²) >= 11 is 0. The Balaban J connectivity index is 1.75. The number of aromatic nitrogens is 1. The summed E-state index contributed by atoms with van der Waals surface area (Å²) in [6.45, 7) is 3.92. The molecule has 4 rings (SSSR count). The van der Waals surface area contributed by atoms with Gasteiger partial charge < -0.3 is 14.8 Å². The average molecular weight is 418 g/mol. The number of pyridine rings is 1. The summed E-state index contributed by atoms with van der Waals surface area (Å²) in [6.07, 6.45) is 4.46. The van der Waals surface area contributed by atoms with Crippen LogP contribution in [0.4, 0.5) is 0 Å². The average Bonchev–Trinajstić information content (AvgIpc) is 2.78. The molecule has 6 heteroatoms. The van der Waals surface area contributed by atoms with Gasteiger partial charge in [0.2, 0.25) is 0 Å². The zero-order chi connectivity index (χ0) is 22.0. The summed E-state index contributed by atoms with van der Waals surface area (Å²) in [5.74, 6) is 0.0520. The maximum atomic E-state index is 13.4. The highest BCUT2D eigenvalue weighted by Crippen LogP contribution is 2.45. The van der Waals surface area contributed by atoms with Crippen LogP contribution in [0.2, 0.25) is 0 Å². The van der Waals surface area contributed by atoms with Gasteiger partial charge in [0, 0.05) is 41.7 Å². The van der Waals surface area contributed by atoms with E-state index >= 15 is 0 Å². The first-order valence-electron chi connectivity index (χ1n) is 10.5. The van der Waals surface area contributed by atoms with Crippen LogP contribution in [0, 0.1) is 0 Å². The number of ketones is 1. The minimum atomic E-state index is -0.456. The van der Waals surface area contributed by atoms with Crippen molar-refractivity contribution >= 4 is 11.8 Å². The molecule has 0 unspecified atom stereocenters. The van der Waals surface area contributed by atoms with E-state index < -0.39 is 11.9 Å². The fraction of sp³-hybridized carbons (Fsp3) is 0.320. The van der Waals surface area contributed by atoms with Gasteiger partial charge >= 0.3 is 5.97 Å². The zero-order valence-corrected chi connectivity index (χ0v) is 18.0. The van der Waals surface area contributed by atoms with Gasteiger partial charge in [-0.15, -0.1) is 0 Å². The Labute approximate surface area is 182 Å². The number of nitrogens with one attached hydrogen (secondary N) is 1. The van der Waals surface area contributed by atoms with Crippen molar-refractivity contribution in [3.63, 3.8) is 0 Å². The lowest BCUT2D eigenvalue weighted by Gasteiger charge is -2.36. The first-order valence-corrected chi connectivity index (χ1v) is 10.5. The number of hydrogen-bond acceptors (Lipinski definition) is 6. The Bertz CT molecular complexity index is 1050. The van der Waals surface area contributed by atoms with Crippen LogP contribution >= 0.6 is 0 Å². The van der Waals surface area contributed by atoms with Crippen LogP contribution in [0.25, 0.3) is 0 Å². The largest absolute Gasteiger partial charge is 0.497 e. The number of carbonyl (C=O) groups excluding carboxylic acids is 2. The van der Waals surface area contributed by atoms with Crippen molar-refractivity contribution in [3.8, 4) is 5.75 Å². The minimum absolute atomic E-state index is 0.0469. The molecule has 2 heterocycles. The Morgan fingerprint density at radius 1 is 1.10 bits per heavy atom. The van der Waals surface area contributed by atoms with E-state index in [4.69, 9.17) is 9.47 Å². The van der Waals surface area contributed by atoms with Crippen molar-refractivity contribution in [3.05, 3.63) is 82.5 Å². The summed E-state index contributed by atoms with van der Waals surface area (Å²) in [6, 6.07) is 11.6. The van der Waals surface area contributed by atoms with Crippen molar-refractivity contribution in [1.29, 1.82) is 0 Å². The van der Waals surface area contributed by atoms with Crippen LogP contribution in [-0.2, 0) is 14.3 Å². The van der Waals surface area contributed by atoms with Crippen LogP contribution in [0.15, 0.2) is 71.3 Å². The van der Waals surface area contributed by atoms with E-state index in [2.05, 4.69) is 10.3 Å². The predicted molar refractivity (Wildman–Crippen MR) is 116 cm³/mol. The maximum absolute atomic E-state index is 13.4. The smallest absolute Gasteiger partial charge is 0.336 e. The molecule has 2 atom stereocenters. The molecule has 1 aliphatic carbocycles. The monoisotopic (exact) mass is 418 g/mol. The van der Waals surface area contributed by atoms with E-state index in [0.717, 1.165) is 28.3 Å². The molecule has 0 radical (unpaired) electrons. The van der Waals surface area contributed by atoms with Gasteiger partial charge in [-0.3, -0.25) is 9.78 Å². The molecule has 0 spiro atoms. The number of ether oxygens (including phenoxy) is 2. The number of esters is 1. The third-order valence-corrected chi connectivity index (χ3v) is 5.95. The highest BCUT2D eigenvalue weighted by atomic mass is 16.5. The summed E-state index contributed by atoms with van der Waals surface area (Å²) in [5, 5.41) is 3.36. The van der Waals surface area contributed by atoms with E-state index in [1.54, 1.807) is 26.4 Å². The molecule has 1 aromatic heterocycles. The van der Waals surface area contributed by atoms with Gasteiger partial charge in [-0.25, -0.2) is 4.79 Å². The molecule has 160 valence electrons. The number of nitrogens with zero attached hydrogens (tertiary/aromatic N) is 1. The quantitative estimate of drug-likeness (QED) is 0.739. The molecule has 2 aromatic rings. The Morgan fingerprint density at radius 3 is 2.45 bits per heavy atom. The van der Waals surface area contributed by atoms with E-state index in [1.165, 1.54) is 0 Å². The second kappa shape index (κ2) is 8.76. The molecule has 1 aliphatic heterocycles. The van der Waals surface area contributed by atoms with Crippen LogP contribution in [-0.4, -0.2) is 30.5 Å². The van der Waals surface area contributed by atoms with Gasteiger partial charge in [0.05, 0.1) is 19.3 Å². The Kier molecular flexibility index (Phi) is 5.89. The molecule has 0 bridgehead atoms. The molecule has 0 saturated heterocycles. The SMILES string of the molecule is CCOC(=O)C1=C(C)NC2=C(C(=O)C[C@@H](c3ccc(OC)cc3)C2)[C@@H]1c1ccncc1. The first kappa shape index (κ1) is 20.8. The molecule has 31 heavy (non-hydrogen) atoms. The molecule has 0 saturated carbocycles. The van der Waals surface area contributed by atoms with Gasteiger partial charge in [0.15, 0.2) is 5.78 Å². The van der Waals surface area contributed by atoms with E-state index in [1.807, 2.05) is 43.3 Å². The van der Waals surface area contributed by atoms with Gasteiger partial charge in [-0.05, 0) is 61.6 Å². The standard InChI is InChI=1S/C25H26N2O4/c1-4-31-25(29)22-15(2)27-20-13-18(16-5-7-19(30-3)8-6-16)14-21(28)24(20)23(22)17-9-11-26-12-10-17/h5-12,18,23,27H,4,13-14H2,1-3H3/t18-,23+/m0/s1. The van der Waals surface area contributed by atoms with E-state index in [-0.39, 0.29) is 18.3 Å². The number of carbonyl (C=O) groups is 2. The summed E-state index contributed by atoms with van der Waals surface area (Å²) in [7, 11) is 1.64. The van der Waals surface area contributed by atoms with Gasteiger partial charge in [0.25, 0.3) is 0 Å². The summed E-state index contributed by atoms with van der Waals surface area (Å²) in [5.41, 5.74) is 4.71. The summed E-state index contributed by atoms with van der Waals surface area (Å²) < 4.78 is 10.6. The molecule has 1 aromatic carbocycles. The second-order valence-electron chi connectivity index (χ2n) is 7.79. The second-order valence-corrected chi connectivity index (χ2v) is 7.79. The van der Waals surface area contributed by atoms with Gasteiger partial charge in [-0.1, -0.05) is 12.1 Å². The molecule has 0 amide bonds. The number of allylic oxidation sites excluding steroid dienone is 3. The van der Waals surface area contributed by atoms with Crippen molar-refractivity contribution in [2.45, 2.75) is 38.5 Å². The van der Waals surface area contributed by atoms with Crippen molar-refractivity contribution in [2.75, 3.05) is 13.7 Å². The topological polar surface area (TPSA) is 77.5 Å². The predicted octanol–water partition coefficient (Wildman–Crippen LogP) is 4.01. The lowest BCUT2D eigenvalue weighted by Crippen LogP contribution is -2.36. The third kappa shape index (κ3) is 3.98. The number of hydrogen-bond donors (Lipinski definition) is 1. The van der Waals surface area contributed by atoms with Gasteiger partial charge in [0.1, 0.15) is 5.75 Å².